The molecule has 1 saturated carbocycles. The molecule has 0 radical (unpaired) electrons. The highest BCUT2D eigenvalue weighted by Crippen LogP contribution is 2.26. The normalized spacial score (nSPS) is 13.4. The van der Waals surface area contributed by atoms with E-state index in [2.05, 4.69) is 12.2 Å². The van der Waals surface area contributed by atoms with Crippen LogP contribution in [0.1, 0.15) is 53.6 Å². The molecule has 0 aromatic heterocycles. The van der Waals surface area contributed by atoms with E-state index >= 15 is 0 Å². The largest absolute Gasteiger partial charge is 0.508 e. The van der Waals surface area contributed by atoms with Gasteiger partial charge in [0.25, 0.3) is 0 Å². The zero-order chi connectivity index (χ0) is 24.3. The Morgan fingerprint density at radius 2 is 1.76 bits per heavy atom. The summed E-state index contributed by atoms with van der Waals surface area (Å²) in [6, 6.07) is 20.6. The van der Waals surface area contributed by atoms with E-state index in [4.69, 9.17) is 15.6 Å². The van der Waals surface area contributed by atoms with Crippen molar-refractivity contribution in [2.45, 2.75) is 51.5 Å². The summed E-state index contributed by atoms with van der Waals surface area (Å²) in [7, 11) is 0. The second kappa shape index (κ2) is 12.5. The van der Waals surface area contributed by atoms with Gasteiger partial charge in [0.15, 0.2) is 0 Å². The van der Waals surface area contributed by atoms with Crippen molar-refractivity contribution in [2.75, 3.05) is 17.7 Å². The molecular weight excluding hydrogens is 428 g/mol. The smallest absolute Gasteiger partial charge is 0.335 e. The van der Waals surface area contributed by atoms with Crippen LogP contribution >= 0.6 is 0 Å². The van der Waals surface area contributed by atoms with Crippen molar-refractivity contribution in [1.29, 1.82) is 0 Å². The molecule has 180 valence electrons. The molecule has 0 heterocycles. The first-order valence-electron chi connectivity index (χ1n) is 11.8. The summed E-state index contributed by atoms with van der Waals surface area (Å²) < 4.78 is 5.62. The molecule has 0 saturated heterocycles. The van der Waals surface area contributed by atoms with Crippen LogP contribution in [0.15, 0.2) is 66.7 Å². The van der Waals surface area contributed by atoms with Crippen LogP contribution in [0.25, 0.3) is 0 Å². The zero-order valence-electron chi connectivity index (χ0n) is 19.7. The number of hydrogen-bond acceptors (Lipinski definition) is 5. The molecule has 0 bridgehead atoms. The lowest BCUT2D eigenvalue weighted by Crippen LogP contribution is -2.22. The Kier molecular flexibility index (Phi) is 9.21. The first kappa shape index (κ1) is 25.0. The van der Waals surface area contributed by atoms with Crippen LogP contribution in [0.4, 0.5) is 11.4 Å². The van der Waals surface area contributed by atoms with E-state index in [1.165, 1.54) is 43.7 Å². The molecule has 0 unspecified atom stereocenters. The van der Waals surface area contributed by atoms with E-state index in [1.807, 2.05) is 36.4 Å². The fourth-order valence-corrected chi connectivity index (χ4v) is 3.93. The van der Waals surface area contributed by atoms with E-state index in [0.717, 1.165) is 23.4 Å². The molecule has 1 aliphatic rings. The van der Waals surface area contributed by atoms with Crippen LogP contribution in [0, 0.1) is 6.92 Å². The number of nitrogens with one attached hydrogen (secondary N) is 1. The molecule has 4 rings (SSSR count). The molecule has 1 fully saturated rings. The number of rotatable bonds is 7. The second-order valence-corrected chi connectivity index (χ2v) is 8.67. The summed E-state index contributed by atoms with van der Waals surface area (Å²) in [6.07, 6.45) is 6.95. The van der Waals surface area contributed by atoms with Gasteiger partial charge in [0.1, 0.15) is 11.5 Å². The third-order valence-corrected chi connectivity index (χ3v) is 5.85. The minimum absolute atomic E-state index is 0.233. The predicted octanol–water partition coefficient (Wildman–Crippen LogP) is 6.03. The predicted molar refractivity (Wildman–Crippen MR) is 137 cm³/mol. The molecular formula is C28H34N2O4. The number of anilines is 2. The summed E-state index contributed by atoms with van der Waals surface area (Å²) in [6.45, 7) is 2.67. The Morgan fingerprint density at radius 3 is 2.41 bits per heavy atom. The van der Waals surface area contributed by atoms with Gasteiger partial charge < -0.3 is 26.0 Å². The second-order valence-electron chi connectivity index (χ2n) is 8.67. The standard InChI is InChI=1S/C15H16O2.C13H18N2O2/c1-12-5-7-15(8-6-12)17-10-9-13-3-2-4-14(16)11-13;14-11-8-9(13(16)17)6-7-12(11)15-10-4-2-1-3-5-10/h2-8,11,16H,9-10H2,1H3;6-8,10,15H,1-5,14H2,(H,16,17). The van der Waals surface area contributed by atoms with Crippen LogP contribution in [0.2, 0.25) is 0 Å². The first-order valence-corrected chi connectivity index (χ1v) is 11.8. The maximum Gasteiger partial charge on any atom is 0.335 e. The molecule has 6 heteroatoms. The van der Waals surface area contributed by atoms with Crippen molar-refractivity contribution < 1.29 is 19.7 Å². The van der Waals surface area contributed by atoms with Crippen LogP contribution in [0.5, 0.6) is 11.5 Å². The van der Waals surface area contributed by atoms with E-state index < -0.39 is 5.97 Å². The number of ether oxygens (including phenoxy) is 1. The van der Waals surface area contributed by atoms with Gasteiger partial charge in [-0.05, 0) is 67.8 Å². The Balaban J connectivity index is 0.000000191. The maximum absolute atomic E-state index is 10.8. The highest BCUT2D eigenvalue weighted by Gasteiger charge is 2.14. The van der Waals surface area contributed by atoms with E-state index in [0.29, 0.717) is 24.1 Å². The number of aryl methyl sites for hydroxylation is 1. The van der Waals surface area contributed by atoms with Gasteiger partial charge >= 0.3 is 5.97 Å². The summed E-state index contributed by atoms with van der Waals surface area (Å²) in [5.41, 5.74) is 9.75. The molecule has 34 heavy (non-hydrogen) atoms. The van der Waals surface area contributed by atoms with Crippen molar-refractivity contribution >= 4 is 17.3 Å². The van der Waals surface area contributed by atoms with Crippen molar-refractivity contribution in [3.63, 3.8) is 0 Å². The highest BCUT2D eigenvalue weighted by atomic mass is 16.5. The number of nitrogens with two attached hydrogens (primary N) is 1. The van der Waals surface area contributed by atoms with Crippen molar-refractivity contribution in [2.24, 2.45) is 0 Å². The van der Waals surface area contributed by atoms with Crippen LogP contribution in [-0.4, -0.2) is 28.8 Å². The van der Waals surface area contributed by atoms with Gasteiger partial charge in [-0.2, -0.15) is 0 Å². The average Bonchev–Trinajstić information content (AvgIpc) is 2.83. The molecule has 1 aliphatic carbocycles. The van der Waals surface area contributed by atoms with Crippen LogP contribution in [-0.2, 0) is 6.42 Å². The summed E-state index contributed by atoms with van der Waals surface area (Å²) in [5, 5.41) is 21.6. The molecule has 0 spiro atoms. The Morgan fingerprint density at radius 1 is 1.03 bits per heavy atom. The van der Waals surface area contributed by atoms with Gasteiger partial charge in [-0.25, -0.2) is 4.79 Å². The van der Waals surface area contributed by atoms with Gasteiger partial charge in [0, 0.05) is 12.5 Å². The number of benzene rings is 3. The fourth-order valence-electron chi connectivity index (χ4n) is 3.93. The minimum Gasteiger partial charge on any atom is -0.508 e. The lowest BCUT2D eigenvalue weighted by Gasteiger charge is -2.24. The maximum atomic E-state index is 10.8. The number of phenols is 1. The molecule has 0 amide bonds. The molecule has 6 nitrogen and oxygen atoms in total. The van der Waals surface area contributed by atoms with Gasteiger partial charge in [-0.3, -0.25) is 0 Å². The van der Waals surface area contributed by atoms with Gasteiger partial charge in [0.05, 0.1) is 23.5 Å². The SMILES string of the molecule is Cc1ccc(OCCc2cccc(O)c2)cc1.Nc1cc(C(=O)O)ccc1NC1CCCCC1. The summed E-state index contributed by atoms with van der Waals surface area (Å²) in [4.78, 5) is 10.8. The number of aromatic hydroxyl groups is 1. The third kappa shape index (κ3) is 8.03. The number of carboxylic acids is 1. The number of nitrogen functional groups attached to an aromatic ring is 1. The lowest BCUT2D eigenvalue weighted by molar-refractivity contribution is 0.0697. The van der Waals surface area contributed by atoms with E-state index in [-0.39, 0.29) is 5.56 Å². The third-order valence-electron chi connectivity index (χ3n) is 5.85. The van der Waals surface area contributed by atoms with Gasteiger partial charge in [0.2, 0.25) is 0 Å². The van der Waals surface area contributed by atoms with Crippen molar-refractivity contribution in [3.05, 3.63) is 83.4 Å². The number of carbonyl (C=O) groups is 1. The number of phenolic OH excluding ortho intramolecular Hbond substituents is 1. The van der Waals surface area contributed by atoms with Crippen LogP contribution < -0.4 is 15.8 Å². The number of hydrogen-bond donors (Lipinski definition) is 4. The van der Waals surface area contributed by atoms with Gasteiger partial charge in [-0.1, -0.05) is 49.1 Å². The average molecular weight is 463 g/mol. The molecule has 0 atom stereocenters. The minimum atomic E-state index is -0.944. The zero-order valence-corrected chi connectivity index (χ0v) is 19.7. The number of aromatic carboxylic acids is 1. The van der Waals surface area contributed by atoms with Crippen molar-refractivity contribution in [3.8, 4) is 11.5 Å². The first-order chi connectivity index (χ1) is 16.4. The summed E-state index contributed by atoms with van der Waals surface area (Å²) in [5.74, 6) is 0.245. The highest BCUT2D eigenvalue weighted by molar-refractivity contribution is 5.90. The molecule has 3 aromatic carbocycles. The Labute approximate surface area is 201 Å². The summed E-state index contributed by atoms with van der Waals surface area (Å²) >= 11 is 0. The van der Waals surface area contributed by atoms with Crippen LogP contribution in [0.3, 0.4) is 0 Å². The Hall–Kier alpha value is -3.67. The Bertz CT molecular complexity index is 1060. The molecule has 5 N–H and O–H groups in total. The van der Waals surface area contributed by atoms with E-state index in [9.17, 15) is 9.90 Å². The molecule has 0 aliphatic heterocycles. The topological polar surface area (TPSA) is 105 Å². The van der Waals surface area contributed by atoms with Gasteiger partial charge in [-0.15, -0.1) is 0 Å². The quantitative estimate of drug-likeness (QED) is 0.319. The number of carboxylic acid groups (broad SMARTS) is 1. The monoisotopic (exact) mass is 462 g/mol. The van der Waals surface area contributed by atoms with E-state index in [1.54, 1.807) is 24.3 Å². The molecule has 3 aromatic rings. The lowest BCUT2D eigenvalue weighted by atomic mass is 9.95. The van der Waals surface area contributed by atoms with Crippen molar-refractivity contribution in [1.82, 2.24) is 0 Å². The fraction of sp³-hybridized carbons (Fsp3) is 0.321.